The number of fused-ring (bicyclic) bond motifs is 1. The lowest BCUT2D eigenvalue weighted by atomic mass is 10.1. The molecule has 34 heavy (non-hydrogen) atoms. The third-order valence-electron chi connectivity index (χ3n) is 4.79. The molecule has 0 fully saturated rings. The number of imide groups is 1. The van der Waals surface area contributed by atoms with E-state index in [0.717, 1.165) is 17.0 Å². The minimum absolute atomic E-state index is 0.00360. The number of benzene rings is 2. The number of hydrogen-bond donors (Lipinski definition) is 2. The molecule has 0 spiro atoms. The zero-order valence-electron chi connectivity index (χ0n) is 18.0. The lowest BCUT2D eigenvalue weighted by Gasteiger charge is -2.13. The van der Waals surface area contributed by atoms with Crippen LogP contribution in [0.4, 0.5) is 5.69 Å². The van der Waals surface area contributed by atoms with Crippen LogP contribution >= 0.6 is 0 Å². The molecule has 2 aromatic rings. The first kappa shape index (κ1) is 24.0. The van der Waals surface area contributed by atoms with Crippen LogP contribution in [0, 0.1) is 10.1 Å². The highest BCUT2D eigenvalue weighted by Crippen LogP contribution is 2.26. The molecule has 2 N–H and O–H groups in total. The van der Waals surface area contributed by atoms with E-state index in [1.807, 2.05) is 0 Å². The summed E-state index contributed by atoms with van der Waals surface area (Å²) >= 11 is 0. The van der Waals surface area contributed by atoms with Crippen molar-refractivity contribution in [3.63, 3.8) is 0 Å². The molecular formula is C22H20N4O8. The number of nitro groups is 1. The van der Waals surface area contributed by atoms with Gasteiger partial charge in [0.05, 0.1) is 16.1 Å². The number of hydrogen-bond acceptors (Lipinski definition) is 8. The molecule has 1 aliphatic heterocycles. The molecular weight excluding hydrogens is 448 g/mol. The van der Waals surface area contributed by atoms with Gasteiger partial charge in [0.1, 0.15) is 12.3 Å². The van der Waals surface area contributed by atoms with Gasteiger partial charge in [-0.1, -0.05) is 6.07 Å². The Morgan fingerprint density at radius 3 is 2.41 bits per heavy atom. The Balaban J connectivity index is 1.43. The number of ether oxygens (including phenoxy) is 1. The second kappa shape index (κ2) is 10.3. The van der Waals surface area contributed by atoms with Gasteiger partial charge in [-0.3, -0.25) is 39.0 Å². The van der Waals surface area contributed by atoms with Crippen LogP contribution in [-0.4, -0.2) is 59.1 Å². The van der Waals surface area contributed by atoms with E-state index in [-0.39, 0.29) is 41.6 Å². The number of esters is 1. The van der Waals surface area contributed by atoms with Crippen molar-refractivity contribution in [2.24, 2.45) is 0 Å². The number of amides is 4. The van der Waals surface area contributed by atoms with Crippen molar-refractivity contribution < 1.29 is 33.6 Å². The summed E-state index contributed by atoms with van der Waals surface area (Å²) in [5, 5.41) is 16.1. The van der Waals surface area contributed by atoms with Gasteiger partial charge in [-0.15, -0.1) is 0 Å². The average Bonchev–Trinajstić information content (AvgIpc) is 3.02. The molecule has 4 amide bonds. The van der Waals surface area contributed by atoms with Crippen molar-refractivity contribution in [1.82, 2.24) is 15.5 Å². The first-order valence-electron chi connectivity index (χ1n) is 10.2. The van der Waals surface area contributed by atoms with Gasteiger partial charge in [-0.05, 0) is 30.7 Å². The number of rotatable bonds is 9. The molecule has 0 aliphatic carbocycles. The van der Waals surface area contributed by atoms with E-state index in [9.17, 15) is 34.1 Å². The molecule has 12 heteroatoms. The second-order valence-electron chi connectivity index (χ2n) is 7.26. The summed E-state index contributed by atoms with van der Waals surface area (Å²) < 4.78 is 4.93. The zero-order valence-corrected chi connectivity index (χ0v) is 18.0. The van der Waals surface area contributed by atoms with Crippen molar-refractivity contribution in [3.8, 4) is 5.75 Å². The van der Waals surface area contributed by atoms with E-state index in [0.29, 0.717) is 12.0 Å². The Kier molecular flexibility index (Phi) is 7.31. The topological polar surface area (TPSA) is 165 Å². The average molecular weight is 468 g/mol. The summed E-state index contributed by atoms with van der Waals surface area (Å²) in [5.74, 6) is -2.72. The number of nitro benzene ring substituents is 1. The zero-order chi connectivity index (χ0) is 24.8. The highest BCUT2D eigenvalue weighted by Gasteiger charge is 2.37. The molecule has 0 unspecified atom stereocenters. The Morgan fingerprint density at radius 1 is 1.00 bits per heavy atom. The molecule has 0 saturated carbocycles. The maximum absolute atomic E-state index is 12.4. The molecule has 0 aromatic heterocycles. The van der Waals surface area contributed by atoms with Crippen LogP contribution < -0.4 is 15.4 Å². The largest absolute Gasteiger partial charge is 0.427 e. The summed E-state index contributed by atoms with van der Waals surface area (Å²) in [6.45, 7) is 1.12. The first-order chi connectivity index (χ1) is 16.2. The number of nitrogens with one attached hydrogen (secondary N) is 2. The SMILES string of the molecule is CC(=O)Oc1cccc(C(=O)NCCCNC(=O)CN2C(=O)c3ccc([N+](=O)[O-])cc3C2=O)c1. The van der Waals surface area contributed by atoms with Crippen LogP contribution in [-0.2, 0) is 9.59 Å². The third kappa shape index (κ3) is 5.59. The molecule has 0 radical (unpaired) electrons. The molecule has 1 heterocycles. The van der Waals surface area contributed by atoms with E-state index < -0.39 is 35.2 Å². The Morgan fingerprint density at radius 2 is 1.71 bits per heavy atom. The van der Waals surface area contributed by atoms with Gasteiger partial charge in [0, 0.05) is 37.7 Å². The van der Waals surface area contributed by atoms with Crippen molar-refractivity contribution in [3.05, 3.63) is 69.3 Å². The normalized spacial score (nSPS) is 12.2. The van der Waals surface area contributed by atoms with Crippen LogP contribution in [0.15, 0.2) is 42.5 Å². The van der Waals surface area contributed by atoms with Crippen molar-refractivity contribution in [1.29, 1.82) is 0 Å². The number of carbonyl (C=O) groups is 5. The van der Waals surface area contributed by atoms with Crippen LogP contribution in [0.5, 0.6) is 5.75 Å². The molecule has 3 rings (SSSR count). The second-order valence-corrected chi connectivity index (χ2v) is 7.26. The Hall–Kier alpha value is -4.61. The maximum atomic E-state index is 12.4. The molecule has 0 saturated heterocycles. The van der Waals surface area contributed by atoms with E-state index in [1.54, 1.807) is 18.2 Å². The molecule has 12 nitrogen and oxygen atoms in total. The minimum atomic E-state index is -0.776. The van der Waals surface area contributed by atoms with Gasteiger partial charge in [-0.2, -0.15) is 0 Å². The van der Waals surface area contributed by atoms with Gasteiger partial charge >= 0.3 is 5.97 Å². The van der Waals surface area contributed by atoms with Gasteiger partial charge in [0.2, 0.25) is 5.91 Å². The summed E-state index contributed by atoms with van der Waals surface area (Å²) in [7, 11) is 0. The predicted molar refractivity (Wildman–Crippen MR) is 116 cm³/mol. The van der Waals surface area contributed by atoms with Gasteiger partial charge in [0.15, 0.2) is 0 Å². The molecule has 1 aliphatic rings. The molecule has 0 bridgehead atoms. The fourth-order valence-corrected chi connectivity index (χ4v) is 3.22. The standard InChI is InChI=1S/C22H20N4O8/c1-13(27)34-16-5-2-4-14(10-16)20(29)24-9-3-8-23-19(28)12-25-21(30)17-7-6-15(26(32)33)11-18(17)22(25)31/h2,4-7,10-11H,3,8-9,12H2,1H3,(H,23,28)(H,24,29). The van der Waals surface area contributed by atoms with Gasteiger partial charge in [-0.25, -0.2) is 0 Å². The van der Waals surface area contributed by atoms with E-state index >= 15 is 0 Å². The summed E-state index contributed by atoms with van der Waals surface area (Å²) in [5.41, 5.74) is -0.142. The lowest BCUT2D eigenvalue weighted by Crippen LogP contribution is -2.41. The van der Waals surface area contributed by atoms with E-state index in [4.69, 9.17) is 4.74 Å². The highest BCUT2D eigenvalue weighted by atomic mass is 16.6. The van der Waals surface area contributed by atoms with Crippen LogP contribution in [0.25, 0.3) is 0 Å². The Bertz CT molecular complexity index is 1190. The highest BCUT2D eigenvalue weighted by molar-refractivity contribution is 6.22. The number of carbonyl (C=O) groups excluding carboxylic acids is 5. The fraction of sp³-hybridized carbons (Fsp3) is 0.227. The fourth-order valence-electron chi connectivity index (χ4n) is 3.22. The van der Waals surface area contributed by atoms with Crippen LogP contribution in [0.2, 0.25) is 0 Å². The quantitative estimate of drug-likeness (QED) is 0.138. The molecule has 0 atom stereocenters. The molecule has 2 aromatic carbocycles. The first-order valence-corrected chi connectivity index (χ1v) is 10.2. The van der Waals surface area contributed by atoms with Crippen LogP contribution in [0.3, 0.4) is 0 Å². The number of non-ortho nitro benzene ring substituents is 1. The van der Waals surface area contributed by atoms with Crippen molar-refractivity contribution in [2.75, 3.05) is 19.6 Å². The Labute approximate surface area is 193 Å². The van der Waals surface area contributed by atoms with Crippen LogP contribution in [0.1, 0.15) is 44.4 Å². The lowest BCUT2D eigenvalue weighted by molar-refractivity contribution is -0.384. The smallest absolute Gasteiger partial charge is 0.308 e. The predicted octanol–water partition coefficient (Wildman–Crippen LogP) is 1.05. The summed E-state index contributed by atoms with van der Waals surface area (Å²) in [6.07, 6.45) is 0.370. The maximum Gasteiger partial charge on any atom is 0.308 e. The monoisotopic (exact) mass is 468 g/mol. The summed E-state index contributed by atoms with van der Waals surface area (Å²) in [6, 6.07) is 9.42. The minimum Gasteiger partial charge on any atom is -0.427 e. The third-order valence-corrected chi connectivity index (χ3v) is 4.79. The van der Waals surface area contributed by atoms with E-state index in [1.165, 1.54) is 19.1 Å². The van der Waals surface area contributed by atoms with Gasteiger partial charge < -0.3 is 15.4 Å². The van der Waals surface area contributed by atoms with E-state index in [2.05, 4.69) is 10.6 Å². The van der Waals surface area contributed by atoms with Gasteiger partial charge in [0.25, 0.3) is 23.4 Å². The summed E-state index contributed by atoms with van der Waals surface area (Å²) in [4.78, 5) is 71.1. The number of nitrogens with zero attached hydrogens (tertiary/aromatic N) is 2. The molecule has 176 valence electrons. The van der Waals surface area contributed by atoms with Crippen molar-refractivity contribution >= 4 is 35.3 Å². The van der Waals surface area contributed by atoms with Crippen molar-refractivity contribution in [2.45, 2.75) is 13.3 Å².